The van der Waals surface area contributed by atoms with Crippen molar-refractivity contribution in [2.75, 3.05) is 20.6 Å². The Bertz CT molecular complexity index is 335. The zero-order valence-electron chi connectivity index (χ0n) is 7.85. The van der Waals surface area contributed by atoms with Gasteiger partial charge in [-0.25, -0.2) is 0 Å². The van der Waals surface area contributed by atoms with Crippen LogP contribution in [0.2, 0.25) is 0 Å². The third kappa shape index (κ3) is 1.98. The van der Waals surface area contributed by atoms with Crippen molar-refractivity contribution in [2.24, 2.45) is 0 Å². The number of aromatic nitrogens is 1. The number of aromatic amines is 1. The highest BCUT2D eigenvalue weighted by Gasteiger charge is 1.97. The lowest BCUT2D eigenvalue weighted by molar-refractivity contribution is 0.413. The summed E-state index contributed by atoms with van der Waals surface area (Å²) in [6.45, 7) is 8.84. The van der Waals surface area contributed by atoms with Crippen LogP contribution in [0.25, 0.3) is 13.2 Å². The van der Waals surface area contributed by atoms with E-state index in [1.165, 1.54) is 5.56 Å². The molecule has 0 amide bonds. The van der Waals surface area contributed by atoms with Crippen molar-refractivity contribution in [3.05, 3.63) is 22.3 Å². The zero-order valence-corrected chi connectivity index (χ0v) is 7.85. The number of hydrogen-bond donors (Lipinski definition) is 1. The lowest BCUT2D eigenvalue weighted by atomic mass is 10.2. The highest BCUT2D eigenvalue weighted by Crippen LogP contribution is 1.88. The number of nitrogens with zero attached hydrogens (tertiary/aromatic N) is 1. The molecule has 0 atom stereocenters. The van der Waals surface area contributed by atoms with Gasteiger partial charge in [-0.1, -0.05) is 13.2 Å². The lowest BCUT2D eigenvalue weighted by Crippen LogP contribution is -2.24. The molecular formula is C10H16N2. The maximum Gasteiger partial charge on any atom is 0.0377 e. The first-order valence-electron chi connectivity index (χ1n) is 4.10. The Kier molecular flexibility index (Phi) is 2.71. The standard InChI is InChI=1S/C10H16N2/c1-8-9(2)11-7-10(8)5-6-12(3)4/h7,11H,1-2,5-6H2,3-4H3. The van der Waals surface area contributed by atoms with Gasteiger partial charge < -0.3 is 9.88 Å². The Hall–Kier alpha value is -1.02. The highest BCUT2D eigenvalue weighted by atomic mass is 15.0. The molecule has 1 rings (SSSR count). The number of likely N-dealkylation sites (N-methyl/N-ethyl adjacent to an activating group) is 1. The van der Waals surface area contributed by atoms with Gasteiger partial charge in [0.2, 0.25) is 0 Å². The summed E-state index contributed by atoms with van der Waals surface area (Å²) < 4.78 is 0. The number of nitrogens with one attached hydrogen (secondary N) is 1. The number of hydrogen-bond acceptors (Lipinski definition) is 1. The van der Waals surface area contributed by atoms with Crippen LogP contribution in [0.3, 0.4) is 0 Å². The summed E-state index contributed by atoms with van der Waals surface area (Å²) in [5.41, 5.74) is 1.27. The first-order valence-corrected chi connectivity index (χ1v) is 4.10. The predicted octanol–water partition coefficient (Wildman–Crippen LogP) is -0.0606. The minimum absolute atomic E-state index is 0.934. The second kappa shape index (κ2) is 3.59. The molecule has 0 aliphatic rings. The highest BCUT2D eigenvalue weighted by molar-refractivity contribution is 5.20. The van der Waals surface area contributed by atoms with Gasteiger partial charge in [-0.2, -0.15) is 0 Å². The van der Waals surface area contributed by atoms with Crippen molar-refractivity contribution in [3.63, 3.8) is 0 Å². The quantitative estimate of drug-likeness (QED) is 0.663. The molecule has 0 aromatic carbocycles. The molecule has 66 valence electrons. The van der Waals surface area contributed by atoms with Gasteiger partial charge in [-0.05, 0) is 31.3 Å². The molecule has 0 spiro atoms. The molecule has 0 radical (unpaired) electrons. The van der Waals surface area contributed by atoms with Crippen LogP contribution >= 0.6 is 0 Å². The molecule has 0 aliphatic heterocycles. The van der Waals surface area contributed by atoms with Crippen molar-refractivity contribution < 1.29 is 0 Å². The van der Waals surface area contributed by atoms with E-state index in [4.69, 9.17) is 0 Å². The summed E-state index contributed by atoms with van der Waals surface area (Å²) >= 11 is 0. The van der Waals surface area contributed by atoms with Gasteiger partial charge in [0.05, 0.1) is 0 Å². The van der Waals surface area contributed by atoms with E-state index in [1.54, 1.807) is 0 Å². The largest absolute Gasteiger partial charge is 0.361 e. The van der Waals surface area contributed by atoms with Crippen molar-refractivity contribution in [2.45, 2.75) is 6.42 Å². The van der Waals surface area contributed by atoms with Crippen LogP contribution in [-0.2, 0) is 6.42 Å². The van der Waals surface area contributed by atoms with Crippen molar-refractivity contribution in [1.82, 2.24) is 9.88 Å². The van der Waals surface area contributed by atoms with Gasteiger partial charge in [0, 0.05) is 18.1 Å². The van der Waals surface area contributed by atoms with Crippen LogP contribution in [0.5, 0.6) is 0 Å². The second-order valence-electron chi connectivity index (χ2n) is 3.32. The summed E-state index contributed by atoms with van der Waals surface area (Å²) in [6.07, 6.45) is 3.03. The van der Waals surface area contributed by atoms with Gasteiger partial charge in [0.25, 0.3) is 0 Å². The van der Waals surface area contributed by atoms with E-state index in [-0.39, 0.29) is 0 Å². The molecule has 1 aromatic heterocycles. The van der Waals surface area contributed by atoms with E-state index in [9.17, 15) is 0 Å². The lowest BCUT2D eigenvalue weighted by Gasteiger charge is -2.07. The van der Waals surface area contributed by atoms with Gasteiger partial charge in [0.1, 0.15) is 0 Å². The van der Waals surface area contributed by atoms with Crippen LogP contribution in [-0.4, -0.2) is 30.5 Å². The maximum absolute atomic E-state index is 3.95. The van der Waals surface area contributed by atoms with Crippen LogP contribution in [0.4, 0.5) is 0 Å². The second-order valence-corrected chi connectivity index (χ2v) is 3.32. The molecule has 1 heterocycles. The Balaban J connectivity index is 2.71. The van der Waals surface area contributed by atoms with Gasteiger partial charge >= 0.3 is 0 Å². The predicted molar refractivity (Wildman–Crippen MR) is 53.3 cm³/mol. The van der Waals surface area contributed by atoms with Crippen molar-refractivity contribution in [1.29, 1.82) is 0 Å². The average molecular weight is 164 g/mol. The monoisotopic (exact) mass is 164 g/mol. The van der Waals surface area contributed by atoms with Gasteiger partial charge in [0.15, 0.2) is 0 Å². The molecule has 0 aliphatic carbocycles. The zero-order chi connectivity index (χ0) is 9.14. The molecule has 0 saturated carbocycles. The third-order valence-electron chi connectivity index (χ3n) is 2.00. The van der Waals surface area contributed by atoms with E-state index in [0.29, 0.717) is 0 Å². The molecule has 0 unspecified atom stereocenters. The average Bonchev–Trinajstić information content (AvgIpc) is 2.30. The Morgan fingerprint density at radius 1 is 1.42 bits per heavy atom. The first-order chi connectivity index (χ1) is 5.61. The Labute approximate surface area is 73.2 Å². The van der Waals surface area contributed by atoms with E-state index in [0.717, 1.165) is 23.5 Å². The van der Waals surface area contributed by atoms with Crippen LogP contribution < -0.4 is 10.6 Å². The summed E-state index contributed by atoms with van der Waals surface area (Å²) in [5.74, 6) is 0. The van der Waals surface area contributed by atoms with Crippen molar-refractivity contribution >= 4 is 13.2 Å². The molecule has 0 fully saturated rings. The van der Waals surface area contributed by atoms with Crippen LogP contribution in [0.15, 0.2) is 6.20 Å². The summed E-state index contributed by atoms with van der Waals surface area (Å²) in [7, 11) is 4.14. The van der Waals surface area contributed by atoms with E-state index >= 15 is 0 Å². The number of H-pyrrole nitrogens is 1. The molecule has 12 heavy (non-hydrogen) atoms. The molecular weight excluding hydrogens is 148 g/mol. The molecule has 2 nitrogen and oxygen atoms in total. The van der Waals surface area contributed by atoms with Crippen molar-refractivity contribution in [3.8, 4) is 0 Å². The van der Waals surface area contributed by atoms with E-state index in [2.05, 4.69) is 37.1 Å². The smallest absolute Gasteiger partial charge is 0.0377 e. The summed E-state index contributed by atoms with van der Waals surface area (Å²) in [5, 5.41) is 1.99. The van der Waals surface area contributed by atoms with Crippen LogP contribution in [0.1, 0.15) is 5.56 Å². The molecule has 0 bridgehead atoms. The molecule has 1 N–H and O–H groups in total. The Morgan fingerprint density at radius 2 is 2.08 bits per heavy atom. The van der Waals surface area contributed by atoms with Crippen LogP contribution in [0, 0.1) is 0 Å². The maximum atomic E-state index is 3.95. The first kappa shape index (κ1) is 9.07. The minimum Gasteiger partial charge on any atom is -0.361 e. The third-order valence-corrected chi connectivity index (χ3v) is 2.00. The molecule has 0 saturated heterocycles. The normalized spacial score (nSPS) is 10.9. The van der Waals surface area contributed by atoms with E-state index < -0.39 is 0 Å². The fraction of sp³-hybridized carbons (Fsp3) is 0.400. The molecule has 2 heteroatoms. The summed E-state index contributed by atoms with van der Waals surface area (Å²) in [6, 6.07) is 0. The van der Waals surface area contributed by atoms with Gasteiger partial charge in [-0.3, -0.25) is 0 Å². The fourth-order valence-electron chi connectivity index (χ4n) is 1.11. The SMILES string of the molecule is C=c1[nH]cc(CCN(C)C)c1=C. The van der Waals surface area contributed by atoms with Gasteiger partial charge in [-0.15, -0.1) is 0 Å². The van der Waals surface area contributed by atoms with E-state index in [1.807, 2.05) is 6.20 Å². The molecule has 1 aromatic rings. The number of rotatable bonds is 3. The topological polar surface area (TPSA) is 19.0 Å². The fourth-order valence-corrected chi connectivity index (χ4v) is 1.11. The summed E-state index contributed by atoms with van der Waals surface area (Å²) in [4.78, 5) is 5.23. The Morgan fingerprint density at radius 3 is 2.50 bits per heavy atom. The minimum atomic E-state index is 0.934.